The molecule has 2 nitrogen and oxygen atoms in total. The fourth-order valence-electron chi connectivity index (χ4n) is 6.45. The first kappa shape index (κ1) is 28.3. The number of nitrogens with one attached hydrogen (secondary N) is 2. The van der Waals surface area contributed by atoms with Crippen LogP contribution in [0.25, 0.3) is 0 Å². The Labute approximate surface area is 207 Å². The summed E-state index contributed by atoms with van der Waals surface area (Å²) in [6, 6.07) is 1.58. The molecule has 0 aromatic heterocycles. The van der Waals surface area contributed by atoms with Gasteiger partial charge in [0.1, 0.15) is 7.57 Å². The lowest BCUT2D eigenvalue weighted by Crippen LogP contribution is -2.83. The first-order chi connectivity index (χ1) is 16.3. The van der Waals surface area contributed by atoms with Gasteiger partial charge in [0.15, 0.2) is 0 Å². The van der Waals surface area contributed by atoms with Crippen molar-refractivity contribution in [3.63, 3.8) is 0 Å². The summed E-state index contributed by atoms with van der Waals surface area (Å²) in [5.74, 6) is 0. The number of halogens is 4. The molecule has 4 aliphatic rings. The van der Waals surface area contributed by atoms with Crippen LogP contribution in [-0.2, 0) is 0 Å². The minimum absolute atomic E-state index is 0.342. The highest BCUT2D eigenvalue weighted by Gasteiger charge is 2.51. The van der Waals surface area contributed by atoms with E-state index in [1.54, 1.807) is 25.7 Å². The second-order valence-corrected chi connectivity index (χ2v) is 13.5. The molecular weight excluding hydrogens is 457 g/mol. The third kappa shape index (κ3) is 9.00. The van der Waals surface area contributed by atoms with Crippen LogP contribution in [0.3, 0.4) is 0 Å². The molecule has 198 valence electrons. The normalized spacial score (nSPS) is 25.5. The number of amidine groups is 1. The van der Waals surface area contributed by atoms with Gasteiger partial charge in [-0.15, -0.1) is 0 Å². The molecule has 0 bridgehead atoms. The molecule has 0 spiro atoms. The summed E-state index contributed by atoms with van der Waals surface area (Å²) in [6.07, 6.45) is 30.0. The molecule has 0 heterocycles. The predicted molar refractivity (Wildman–Crippen MR) is 144 cm³/mol. The van der Waals surface area contributed by atoms with Crippen molar-refractivity contribution in [3.8, 4) is 0 Å². The second kappa shape index (κ2) is 13.9. The molecule has 0 aromatic carbocycles. The highest BCUT2D eigenvalue weighted by molar-refractivity contribution is 8.10. The molecule has 0 amide bonds. The van der Waals surface area contributed by atoms with E-state index in [1.807, 2.05) is 5.58 Å². The SMILES string of the molecule is F[B-](F)(F)F.[BH3-][P+](C(NC1CCCCC1)=[NH+]C1CCCCC1)(C1CCCCC1)C1CCCCC1. The maximum Gasteiger partial charge on any atom is 0.673 e. The van der Waals surface area contributed by atoms with Crippen LogP contribution in [0.4, 0.5) is 17.3 Å². The number of hydrogen-bond donors (Lipinski definition) is 2. The van der Waals surface area contributed by atoms with Gasteiger partial charge < -0.3 is 17.3 Å². The van der Waals surface area contributed by atoms with E-state index in [-0.39, 0.29) is 0 Å². The molecule has 0 atom stereocenters. The van der Waals surface area contributed by atoms with Crippen molar-refractivity contribution in [1.29, 1.82) is 0 Å². The van der Waals surface area contributed by atoms with Crippen molar-refractivity contribution >= 4 is 27.5 Å². The van der Waals surface area contributed by atoms with E-state index in [2.05, 4.69) is 10.3 Å². The molecule has 4 saturated carbocycles. The van der Waals surface area contributed by atoms with Crippen molar-refractivity contribution in [2.24, 2.45) is 0 Å². The Morgan fingerprint density at radius 3 is 1.38 bits per heavy atom. The van der Waals surface area contributed by atoms with Crippen molar-refractivity contribution < 1.29 is 22.3 Å². The zero-order chi connectivity index (χ0) is 24.4. The van der Waals surface area contributed by atoms with E-state index >= 15 is 0 Å². The Hall–Kier alpha value is -0.250. The smallest absolute Gasteiger partial charge is 0.418 e. The molecule has 4 fully saturated rings. The Bertz CT molecular complexity index is 587. The summed E-state index contributed by atoms with van der Waals surface area (Å²) in [4.78, 5) is 4.36. The predicted octanol–water partition coefficient (Wildman–Crippen LogP) is 5.94. The zero-order valence-corrected chi connectivity index (χ0v) is 21.4. The van der Waals surface area contributed by atoms with E-state index in [0.29, 0.717) is 7.57 Å². The molecule has 9 heteroatoms. The van der Waals surface area contributed by atoms with Gasteiger partial charge in [-0.2, -0.15) is 0 Å². The van der Waals surface area contributed by atoms with Crippen LogP contribution in [0.2, 0.25) is 0 Å². The third-order valence-electron chi connectivity index (χ3n) is 8.09. The molecule has 0 radical (unpaired) electrons. The summed E-state index contributed by atoms with van der Waals surface area (Å²) >= 11 is 0. The molecule has 0 aliphatic heterocycles. The maximum absolute atomic E-state index is 9.75. The fourth-order valence-corrected chi connectivity index (χ4v) is 10.3. The van der Waals surface area contributed by atoms with Crippen LogP contribution in [0, 0.1) is 0 Å². The molecular formula is C25H49B2F4N2P. The Morgan fingerprint density at radius 2 is 0.971 bits per heavy atom. The van der Waals surface area contributed by atoms with E-state index < -0.39 is 14.4 Å². The Morgan fingerprint density at radius 1 is 0.618 bits per heavy atom. The van der Waals surface area contributed by atoms with Gasteiger partial charge >= 0.3 is 12.8 Å². The highest BCUT2D eigenvalue weighted by atomic mass is 31.2. The molecule has 4 aliphatic carbocycles. The van der Waals surface area contributed by atoms with Crippen LogP contribution >= 0.6 is 7.14 Å². The highest BCUT2D eigenvalue weighted by Crippen LogP contribution is 2.68. The van der Waals surface area contributed by atoms with Crippen molar-refractivity contribution in [2.45, 2.75) is 152 Å². The van der Waals surface area contributed by atoms with Crippen LogP contribution in [0.5, 0.6) is 0 Å². The Kier molecular flexibility index (Phi) is 11.6. The van der Waals surface area contributed by atoms with Gasteiger partial charge in [-0.3, -0.25) is 0 Å². The van der Waals surface area contributed by atoms with E-state index in [4.69, 9.17) is 0 Å². The zero-order valence-electron chi connectivity index (χ0n) is 20.5. The quantitative estimate of drug-likeness (QED) is 0.156. The van der Waals surface area contributed by atoms with Gasteiger partial charge in [0.05, 0.1) is 12.1 Å². The van der Waals surface area contributed by atoms with Crippen LogP contribution in [0.15, 0.2) is 0 Å². The number of hydrogen-bond acceptors (Lipinski definition) is 0. The molecule has 2 N–H and O–H groups in total. The van der Waals surface area contributed by atoms with Gasteiger partial charge in [0.25, 0.3) is 0 Å². The van der Waals surface area contributed by atoms with Gasteiger partial charge in [0, 0.05) is 11.3 Å². The lowest BCUT2D eigenvalue weighted by molar-refractivity contribution is -0.507. The van der Waals surface area contributed by atoms with E-state index in [9.17, 15) is 17.3 Å². The monoisotopic (exact) mass is 506 g/mol. The summed E-state index contributed by atoms with van der Waals surface area (Å²) in [7, 11) is -6.58. The first-order valence-electron chi connectivity index (χ1n) is 14.0. The average molecular weight is 506 g/mol. The van der Waals surface area contributed by atoms with Crippen molar-refractivity contribution in [1.82, 2.24) is 5.32 Å². The summed E-state index contributed by atoms with van der Waals surface area (Å²) < 4.78 is 39.0. The third-order valence-corrected chi connectivity index (χ3v) is 11.5. The topological polar surface area (TPSA) is 26.0 Å². The first-order valence-corrected chi connectivity index (χ1v) is 15.4. The molecule has 0 aromatic rings. The van der Waals surface area contributed by atoms with Gasteiger partial charge in [-0.05, 0) is 110 Å². The molecule has 0 unspecified atom stereocenters. The van der Waals surface area contributed by atoms with Crippen LogP contribution < -0.4 is 10.3 Å². The lowest BCUT2D eigenvalue weighted by atomic mass is 9.95. The molecule has 4 rings (SSSR count). The largest absolute Gasteiger partial charge is 0.673 e. The summed E-state index contributed by atoms with van der Waals surface area (Å²) in [6.45, 7) is 0. The van der Waals surface area contributed by atoms with E-state index in [0.717, 1.165) is 23.4 Å². The van der Waals surface area contributed by atoms with E-state index in [1.165, 1.54) is 103 Å². The van der Waals surface area contributed by atoms with Crippen molar-refractivity contribution in [3.05, 3.63) is 0 Å². The van der Waals surface area contributed by atoms with Gasteiger partial charge in [0.2, 0.25) is 0 Å². The second-order valence-electron chi connectivity index (χ2n) is 10.8. The van der Waals surface area contributed by atoms with Crippen LogP contribution in [0.1, 0.15) is 128 Å². The van der Waals surface area contributed by atoms with Gasteiger partial charge in [-0.1, -0.05) is 25.7 Å². The molecule has 34 heavy (non-hydrogen) atoms. The minimum atomic E-state index is -6.00. The molecule has 0 saturated heterocycles. The van der Waals surface area contributed by atoms with Crippen molar-refractivity contribution in [2.75, 3.05) is 0 Å². The standard InChI is InChI=1S/C25H48BN2P.BF4/c26-29(23-17-9-3-10-18-23,24-19-11-4-12-20-24)25(27-21-13-5-1-6-14-21)28-22-15-7-2-8-16-22;2-1(3,4)5/h21-24H,1-20H2,26H3,(H,27,28);/q;-1/p+1. The maximum atomic E-state index is 9.75. The average Bonchev–Trinajstić information content (AvgIpc) is 2.84. The Balaban J connectivity index is 0.000000588. The summed E-state index contributed by atoms with van der Waals surface area (Å²) in [5.41, 5.74) is 4.07. The summed E-state index contributed by atoms with van der Waals surface area (Å²) in [5, 5.41) is 4.36. The lowest BCUT2D eigenvalue weighted by Gasteiger charge is -2.44. The fraction of sp³-hybridized carbons (Fsp3) is 0.960. The van der Waals surface area contributed by atoms with Gasteiger partial charge in [-0.25, -0.2) is 10.3 Å². The van der Waals surface area contributed by atoms with Crippen LogP contribution in [-0.4, -0.2) is 43.8 Å². The minimum Gasteiger partial charge on any atom is -0.418 e. The number of rotatable bonds is 5.